The van der Waals surface area contributed by atoms with E-state index in [1.54, 1.807) is 0 Å². The van der Waals surface area contributed by atoms with Crippen LogP contribution in [0, 0.1) is 0 Å². The number of para-hydroxylation sites is 1. The van der Waals surface area contributed by atoms with Gasteiger partial charge in [-0.1, -0.05) is 45.0 Å². The molecule has 0 fully saturated rings. The van der Waals surface area contributed by atoms with Crippen molar-refractivity contribution in [2.24, 2.45) is 0 Å². The first-order chi connectivity index (χ1) is 10.3. The predicted molar refractivity (Wildman–Crippen MR) is 97.6 cm³/mol. The van der Waals surface area contributed by atoms with E-state index in [1.807, 2.05) is 18.3 Å². The number of pyridine rings is 1. The quantitative estimate of drug-likeness (QED) is 0.508. The van der Waals surface area contributed by atoms with E-state index in [0.29, 0.717) is 0 Å². The fourth-order valence-corrected chi connectivity index (χ4v) is 3.61. The summed E-state index contributed by atoms with van der Waals surface area (Å²) < 4.78 is 6.68. The van der Waals surface area contributed by atoms with Crippen LogP contribution in [0.2, 0.25) is 18.1 Å². The number of fused-ring (bicyclic) bond motifs is 1. The highest BCUT2D eigenvalue weighted by Gasteiger charge is 2.39. The molecule has 0 saturated carbocycles. The predicted octanol–water partition coefficient (Wildman–Crippen LogP) is 5.87. The van der Waals surface area contributed by atoms with Crippen molar-refractivity contribution in [1.29, 1.82) is 0 Å². The molecule has 1 heterocycles. The summed E-state index contributed by atoms with van der Waals surface area (Å²) in [4.78, 5) is 4.46. The molecule has 118 valence electrons. The molecule has 1 aromatic heterocycles. The molecule has 0 saturated heterocycles. The summed E-state index contributed by atoms with van der Waals surface area (Å²) in [6, 6.07) is 10.4. The van der Waals surface area contributed by atoms with Crippen LogP contribution in [0.4, 0.5) is 0 Å². The smallest absolute Gasteiger partial charge is 0.192 e. The first-order valence-corrected chi connectivity index (χ1v) is 10.8. The summed E-state index contributed by atoms with van der Waals surface area (Å²) in [6.07, 6.45) is 4.70. The molecule has 2 nitrogen and oxygen atoms in total. The summed E-state index contributed by atoms with van der Waals surface area (Å²) in [5.41, 5.74) is 2.24. The van der Waals surface area contributed by atoms with E-state index in [0.717, 1.165) is 11.9 Å². The summed E-state index contributed by atoms with van der Waals surface area (Å²) in [7, 11) is -1.84. The normalized spacial score (nSPS) is 14.0. The zero-order valence-electron chi connectivity index (χ0n) is 14.4. The van der Waals surface area contributed by atoms with Gasteiger partial charge < -0.3 is 4.43 Å². The Labute approximate surface area is 135 Å². The minimum Gasteiger partial charge on any atom is -0.410 e. The third-order valence-electron chi connectivity index (χ3n) is 4.65. The Morgan fingerprint density at radius 3 is 2.55 bits per heavy atom. The molecule has 2 rings (SSSR count). The van der Waals surface area contributed by atoms with Crippen LogP contribution in [0.3, 0.4) is 0 Å². The maximum Gasteiger partial charge on any atom is 0.192 e. The SMILES string of the molecule is C=CCC(O[Si](C)(C)C(C)(C)C)c1ccnc2ccccc12. The highest BCUT2D eigenvalue weighted by Crippen LogP contribution is 2.41. The van der Waals surface area contributed by atoms with E-state index in [9.17, 15) is 0 Å². The van der Waals surface area contributed by atoms with Crippen LogP contribution in [-0.2, 0) is 4.43 Å². The first-order valence-electron chi connectivity index (χ1n) is 7.88. The molecule has 0 aliphatic heterocycles. The van der Waals surface area contributed by atoms with Crippen molar-refractivity contribution in [3.8, 4) is 0 Å². The van der Waals surface area contributed by atoms with Crippen LogP contribution in [0.1, 0.15) is 38.9 Å². The van der Waals surface area contributed by atoms with Crippen LogP contribution in [0.5, 0.6) is 0 Å². The van der Waals surface area contributed by atoms with Gasteiger partial charge in [0, 0.05) is 11.6 Å². The first kappa shape index (κ1) is 16.9. The van der Waals surface area contributed by atoms with Crippen molar-refractivity contribution in [3.63, 3.8) is 0 Å². The Morgan fingerprint density at radius 1 is 1.23 bits per heavy atom. The minimum atomic E-state index is -1.84. The minimum absolute atomic E-state index is 0.0475. The lowest BCUT2D eigenvalue weighted by Crippen LogP contribution is -2.41. The molecule has 3 heteroatoms. The highest BCUT2D eigenvalue weighted by atomic mass is 28.4. The average Bonchev–Trinajstić information content (AvgIpc) is 2.45. The average molecular weight is 314 g/mol. The molecule has 1 atom stereocenters. The van der Waals surface area contributed by atoms with E-state index >= 15 is 0 Å². The van der Waals surface area contributed by atoms with Crippen LogP contribution < -0.4 is 0 Å². The van der Waals surface area contributed by atoms with E-state index in [1.165, 1.54) is 10.9 Å². The third-order valence-corrected chi connectivity index (χ3v) is 9.14. The maximum absolute atomic E-state index is 6.68. The third kappa shape index (κ3) is 3.47. The van der Waals surface area contributed by atoms with Gasteiger partial charge in [0.25, 0.3) is 0 Å². The van der Waals surface area contributed by atoms with Crippen LogP contribution in [0.25, 0.3) is 10.9 Å². The lowest BCUT2D eigenvalue weighted by Gasteiger charge is -2.39. The van der Waals surface area contributed by atoms with Gasteiger partial charge >= 0.3 is 0 Å². The molecule has 0 radical (unpaired) electrons. The molecular formula is C19H27NOSi. The van der Waals surface area contributed by atoms with Crippen molar-refractivity contribution in [2.75, 3.05) is 0 Å². The van der Waals surface area contributed by atoms with Crippen LogP contribution in [0.15, 0.2) is 49.2 Å². The number of rotatable bonds is 5. The number of hydrogen-bond donors (Lipinski definition) is 0. The molecule has 0 spiro atoms. The molecule has 0 aliphatic rings. The van der Waals surface area contributed by atoms with E-state index < -0.39 is 8.32 Å². The van der Waals surface area contributed by atoms with Crippen molar-refractivity contribution in [1.82, 2.24) is 4.98 Å². The lowest BCUT2D eigenvalue weighted by atomic mass is 10.0. The topological polar surface area (TPSA) is 22.1 Å². The summed E-state index contributed by atoms with van der Waals surface area (Å²) >= 11 is 0. The van der Waals surface area contributed by atoms with E-state index in [2.05, 4.69) is 69.7 Å². The van der Waals surface area contributed by atoms with Crippen LogP contribution in [-0.4, -0.2) is 13.3 Å². The number of aromatic nitrogens is 1. The van der Waals surface area contributed by atoms with Crippen molar-refractivity contribution >= 4 is 19.2 Å². The Balaban J connectivity index is 2.45. The van der Waals surface area contributed by atoms with Gasteiger partial charge in [0.15, 0.2) is 8.32 Å². The standard InChI is InChI=1S/C19H27NOSi/c1-7-10-18(21-22(5,6)19(2,3)4)16-13-14-20-17-12-9-8-11-15(16)17/h7-9,11-14,18H,1,10H2,2-6H3. The number of nitrogens with zero attached hydrogens (tertiary/aromatic N) is 1. The Kier molecular flexibility index (Phi) is 4.88. The summed E-state index contributed by atoms with van der Waals surface area (Å²) in [5.74, 6) is 0. The largest absolute Gasteiger partial charge is 0.410 e. The molecule has 22 heavy (non-hydrogen) atoms. The molecular weight excluding hydrogens is 286 g/mol. The van der Waals surface area contributed by atoms with Crippen molar-refractivity contribution in [2.45, 2.75) is 51.4 Å². The Morgan fingerprint density at radius 2 is 1.91 bits per heavy atom. The number of hydrogen-bond acceptors (Lipinski definition) is 2. The van der Waals surface area contributed by atoms with Gasteiger partial charge in [0.1, 0.15) is 0 Å². The second-order valence-electron chi connectivity index (χ2n) is 7.31. The Bertz CT molecular complexity index is 653. The molecule has 2 aromatic rings. The highest BCUT2D eigenvalue weighted by molar-refractivity contribution is 6.74. The molecule has 0 amide bonds. The molecule has 0 bridgehead atoms. The van der Waals surface area contributed by atoms with Gasteiger partial charge in [-0.2, -0.15) is 0 Å². The van der Waals surface area contributed by atoms with Gasteiger partial charge in [0.05, 0.1) is 11.6 Å². The van der Waals surface area contributed by atoms with Crippen molar-refractivity contribution in [3.05, 3.63) is 54.7 Å². The second-order valence-corrected chi connectivity index (χ2v) is 12.1. The van der Waals surface area contributed by atoms with Gasteiger partial charge in [-0.3, -0.25) is 4.98 Å². The summed E-state index contributed by atoms with van der Waals surface area (Å²) in [6.45, 7) is 15.3. The van der Waals surface area contributed by atoms with Gasteiger partial charge in [-0.05, 0) is 42.2 Å². The molecule has 1 aromatic carbocycles. The lowest BCUT2D eigenvalue weighted by molar-refractivity contribution is 0.188. The summed E-state index contributed by atoms with van der Waals surface area (Å²) in [5, 5.41) is 1.37. The van der Waals surface area contributed by atoms with Gasteiger partial charge in [0.2, 0.25) is 0 Å². The van der Waals surface area contributed by atoms with E-state index in [4.69, 9.17) is 4.43 Å². The Hall–Kier alpha value is -1.45. The monoisotopic (exact) mass is 313 g/mol. The van der Waals surface area contributed by atoms with E-state index in [-0.39, 0.29) is 11.1 Å². The van der Waals surface area contributed by atoms with Gasteiger partial charge in [-0.15, -0.1) is 6.58 Å². The van der Waals surface area contributed by atoms with Gasteiger partial charge in [-0.25, -0.2) is 0 Å². The van der Waals surface area contributed by atoms with Crippen molar-refractivity contribution < 1.29 is 4.43 Å². The zero-order chi connectivity index (χ0) is 16.4. The zero-order valence-corrected chi connectivity index (χ0v) is 15.4. The van der Waals surface area contributed by atoms with Crippen LogP contribution >= 0.6 is 0 Å². The fourth-order valence-electron chi connectivity index (χ4n) is 2.32. The second kappa shape index (κ2) is 6.35. The maximum atomic E-state index is 6.68. The number of benzene rings is 1. The fraction of sp³-hybridized carbons (Fsp3) is 0.421. The molecule has 1 unspecified atom stereocenters. The molecule has 0 aliphatic carbocycles. The molecule has 0 N–H and O–H groups in total.